The average Bonchev–Trinajstić information content (AvgIpc) is 3.77. The number of aromatic hydroxyl groups is 1. The monoisotopic (exact) mass is 1030 g/mol. The summed E-state index contributed by atoms with van der Waals surface area (Å²) in [6.45, 7) is 0. The Hall–Kier alpha value is -6.64. The van der Waals surface area contributed by atoms with Crippen molar-refractivity contribution in [2.45, 2.75) is 18.8 Å². The number of amides is 4. The molecule has 12 nitrogen and oxygen atoms in total. The summed E-state index contributed by atoms with van der Waals surface area (Å²) in [7, 11) is 7.84. The van der Waals surface area contributed by atoms with Crippen LogP contribution in [0.4, 0.5) is 11.4 Å². The van der Waals surface area contributed by atoms with Crippen molar-refractivity contribution >= 4 is 91.2 Å². The minimum Gasteiger partial charge on any atom is -0.503 e. The Morgan fingerprint density at radius 2 is 1.03 bits per heavy atom. The highest BCUT2D eigenvalue weighted by molar-refractivity contribution is 9.13. The van der Waals surface area contributed by atoms with Crippen LogP contribution in [0.2, 0.25) is 0 Å². The number of methoxy groups -OCH3 is 5. The van der Waals surface area contributed by atoms with Gasteiger partial charge in [0.2, 0.25) is 23.6 Å². The van der Waals surface area contributed by atoms with Gasteiger partial charge in [-0.25, -0.2) is 0 Å². The smallest absolute Gasteiger partial charge is 0.238 e. The summed E-state index contributed by atoms with van der Waals surface area (Å²) in [6.07, 6.45) is 10.1. The number of hydrogen-bond donors (Lipinski definition) is 1. The first-order chi connectivity index (χ1) is 32.4. The number of phenols is 1. The number of imide groups is 2. The summed E-state index contributed by atoms with van der Waals surface area (Å²) in [5.41, 5.74) is 5.56. The van der Waals surface area contributed by atoms with Crippen LogP contribution in [0.1, 0.15) is 46.6 Å². The Labute approximate surface area is 404 Å². The SMILES string of the molecule is COc1ccc(OC)c(C=Cc2ccc(N3C(=O)C4CC=C5C(CC6C(=O)N(c7ccc(C=Cc8cc(OC)ccc8OC)cc7)C(=O)C6C5c5cc(OC)c(O)c(Br)c5Br)C4C3=O)cc2)c1. The van der Waals surface area contributed by atoms with E-state index in [1.165, 1.54) is 16.9 Å². The van der Waals surface area contributed by atoms with Gasteiger partial charge >= 0.3 is 0 Å². The molecule has 1 N–H and O–H groups in total. The van der Waals surface area contributed by atoms with Gasteiger partial charge < -0.3 is 28.8 Å². The molecule has 2 saturated heterocycles. The highest BCUT2D eigenvalue weighted by Crippen LogP contribution is 2.60. The number of rotatable bonds is 12. The van der Waals surface area contributed by atoms with E-state index in [1.54, 1.807) is 58.8 Å². The van der Waals surface area contributed by atoms with E-state index >= 15 is 0 Å². The highest BCUT2D eigenvalue weighted by atomic mass is 79.9. The normalized spacial score (nSPS) is 22.2. The number of carbonyl (C=O) groups is 4. The first kappa shape index (κ1) is 45.5. The predicted molar refractivity (Wildman–Crippen MR) is 262 cm³/mol. The second-order valence-electron chi connectivity index (χ2n) is 16.8. The zero-order valence-corrected chi connectivity index (χ0v) is 40.4. The zero-order valence-electron chi connectivity index (χ0n) is 37.2. The van der Waals surface area contributed by atoms with Crippen molar-refractivity contribution in [3.8, 4) is 34.5 Å². The van der Waals surface area contributed by atoms with Gasteiger partial charge in [-0.05, 0) is 134 Å². The molecule has 0 spiro atoms. The largest absolute Gasteiger partial charge is 0.503 e. The van der Waals surface area contributed by atoms with Crippen molar-refractivity contribution < 1.29 is 48.0 Å². The van der Waals surface area contributed by atoms with E-state index in [0.29, 0.717) is 48.9 Å². The van der Waals surface area contributed by atoms with Crippen LogP contribution in [0.25, 0.3) is 24.3 Å². The number of allylic oxidation sites excluding steroid dienone is 2. The number of fused-ring (bicyclic) bond motifs is 4. The molecule has 14 heteroatoms. The van der Waals surface area contributed by atoms with Crippen LogP contribution >= 0.6 is 31.9 Å². The Bertz CT molecular complexity index is 2910. The van der Waals surface area contributed by atoms with E-state index < -0.39 is 35.5 Å². The first-order valence-corrected chi connectivity index (χ1v) is 23.2. The molecule has 3 fully saturated rings. The lowest BCUT2D eigenvalue weighted by Gasteiger charge is -2.44. The molecule has 2 aliphatic carbocycles. The van der Waals surface area contributed by atoms with Crippen molar-refractivity contribution in [3.63, 3.8) is 0 Å². The van der Waals surface area contributed by atoms with Gasteiger partial charge in [0.05, 0.1) is 75.1 Å². The Morgan fingerprint density at radius 3 is 1.52 bits per heavy atom. The molecule has 0 radical (unpaired) electrons. The van der Waals surface area contributed by atoms with Crippen LogP contribution in [0.3, 0.4) is 0 Å². The standard InChI is InChI=1S/C53H46Br2N2O10/c1-63-34-18-22-41(65-3)30(24-34)12-6-28-8-14-32(15-9-28)56-50(59)37-21-20-36-38(45(37)52(56)61)26-40-46(44(36)39-27-43(67-5)49(58)48(55)47(39)54)53(62)57(51(40)60)33-16-10-29(11-17-33)7-13-31-25-35(64-2)19-23-42(31)66-4/h6-20,22-25,27,37-38,40,44-46,58H,21,26H2,1-5H3. The fourth-order valence-corrected chi connectivity index (χ4v) is 11.2. The number of hydrogen-bond acceptors (Lipinski definition) is 10. The molecule has 5 aromatic carbocycles. The van der Waals surface area contributed by atoms with Gasteiger partial charge in [-0.2, -0.15) is 0 Å². The van der Waals surface area contributed by atoms with Crippen molar-refractivity contribution in [3.05, 3.63) is 139 Å². The number of phenolic OH excluding ortho intramolecular Hbond substituents is 1. The molecule has 0 aromatic heterocycles. The molecule has 9 rings (SSSR count). The van der Waals surface area contributed by atoms with Gasteiger partial charge in [0.25, 0.3) is 0 Å². The summed E-state index contributed by atoms with van der Waals surface area (Å²) in [5.74, 6) is -3.03. The maximum absolute atomic E-state index is 14.9. The zero-order chi connectivity index (χ0) is 47.3. The van der Waals surface area contributed by atoms with Crippen LogP contribution in [0, 0.1) is 29.6 Å². The third-order valence-electron chi connectivity index (χ3n) is 13.5. The quantitative estimate of drug-likeness (QED) is 0.0729. The van der Waals surface area contributed by atoms with Gasteiger partial charge in [0.15, 0.2) is 11.5 Å². The average molecular weight is 1030 g/mol. The third kappa shape index (κ3) is 7.99. The van der Waals surface area contributed by atoms with Gasteiger partial charge in [-0.15, -0.1) is 0 Å². The fourth-order valence-electron chi connectivity index (χ4n) is 10.2. The molecule has 2 heterocycles. The molecule has 4 aliphatic rings. The minimum atomic E-state index is -0.857. The molecular formula is C53H46Br2N2O10. The van der Waals surface area contributed by atoms with Gasteiger partial charge in [0.1, 0.15) is 23.0 Å². The lowest BCUT2D eigenvalue weighted by molar-refractivity contribution is -0.126. The fraction of sp³-hybridized carbons (Fsp3) is 0.245. The van der Waals surface area contributed by atoms with E-state index in [1.807, 2.05) is 91.0 Å². The second kappa shape index (κ2) is 18.6. The molecule has 2 aliphatic heterocycles. The number of ether oxygens (including phenoxy) is 5. The minimum absolute atomic E-state index is 0.136. The summed E-state index contributed by atoms with van der Waals surface area (Å²) < 4.78 is 28.2. The summed E-state index contributed by atoms with van der Waals surface area (Å²) in [5, 5.41) is 11.0. The number of carbonyl (C=O) groups excluding carboxylic acids is 4. The Morgan fingerprint density at radius 1 is 0.537 bits per heavy atom. The van der Waals surface area contributed by atoms with E-state index in [-0.39, 0.29) is 48.0 Å². The van der Waals surface area contributed by atoms with Crippen LogP contribution < -0.4 is 33.5 Å². The number of anilines is 2. The van der Waals surface area contributed by atoms with Crippen LogP contribution in [0.15, 0.2) is 112 Å². The molecule has 67 heavy (non-hydrogen) atoms. The highest BCUT2D eigenvalue weighted by Gasteiger charge is 2.62. The molecule has 4 amide bonds. The van der Waals surface area contributed by atoms with Crippen molar-refractivity contribution in [1.82, 2.24) is 0 Å². The van der Waals surface area contributed by atoms with Crippen molar-refractivity contribution in [2.75, 3.05) is 45.3 Å². The van der Waals surface area contributed by atoms with Crippen LogP contribution in [-0.2, 0) is 19.2 Å². The number of nitrogens with zero attached hydrogens (tertiary/aromatic N) is 2. The first-order valence-electron chi connectivity index (χ1n) is 21.6. The molecule has 6 atom stereocenters. The van der Waals surface area contributed by atoms with Crippen molar-refractivity contribution in [1.29, 1.82) is 0 Å². The molecule has 0 bridgehead atoms. The van der Waals surface area contributed by atoms with Crippen molar-refractivity contribution in [2.24, 2.45) is 29.6 Å². The molecule has 1 saturated carbocycles. The maximum Gasteiger partial charge on any atom is 0.238 e. The lowest BCUT2D eigenvalue weighted by atomic mass is 9.57. The lowest BCUT2D eigenvalue weighted by Crippen LogP contribution is -2.43. The molecular weight excluding hydrogens is 984 g/mol. The number of benzene rings is 5. The second-order valence-corrected chi connectivity index (χ2v) is 18.3. The summed E-state index contributed by atoms with van der Waals surface area (Å²) >= 11 is 7.20. The Balaban J connectivity index is 1.03. The number of halogens is 2. The van der Waals surface area contributed by atoms with Gasteiger partial charge in [0, 0.05) is 21.5 Å². The maximum atomic E-state index is 14.9. The third-order valence-corrected chi connectivity index (χ3v) is 15.6. The predicted octanol–water partition coefficient (Wildman–Crippen LogP) is 10.3. The molecule has 5 aromatic rings. The summed E-state index contributed by atoms with van der Waals surface area (Å²) in [6, 6.07) is 27.1. The molecule has 6 unspecified atom stereocenters. The Kier molecular flexibility index (Phi) is 12.6. The molecule has 342 valence electrons. The van der Waals surface area contributed by atoms with Crippen LogP contribution in [0.5, 0.6) is 34.5 Å². The van der Waals surface area contributed by atoms with E-state index in [4.69, 9.17) is 23.7 Å². The van der Waals surface area contributed by atoms with Gasteiger partial charge in [-0.1, -0.05) is 60.2 Å². The van der Waals surface area contributed by atoms with Crippen LogP contribution in [-0.4, -0.2) is 64.3 Å². The van der Waals surface area contributed by atoms with Gasteiger partial charge in [-0.3, -0.25) is 29.0 Å². The summed E-state index contributed by atoms with van der Waals surface area (Å²) in [4.78, 5) is 61.4. The van der Waals surface area contributed by atoms with E-state index in [0.717, 1.165) is 27.8 Å². The van der Waals surface area contributed by atoms with E-state index in [9.17, 15) is 24.3 Å². The topological polar surface area (TPSA) is 141 Å². The van der Waals surface area contributed by atoms with E-state index in [2.05, 4.69) is 31.9 Å².